The van der Waals surface area contributed by atoms with E-state index in [9.17, 15) is 9.59 Å². The molecule has 2 aliphatic heterocycles. The van der Waals surface area contributed by atoms with Crippen LogP contribution in [0.3, 0.4) is 0 Å². The van der Waals surface area contributed by atoms with Gasteiger partial charge in [0, 0.05) is 36.5 Å². The summed E-state index contributed by atoms with van der Waals surface area (Å²) < 4.78 is 11.0. The number of amides is 1. The van der Waals surface area contributed by atoms with Crippen molar-refractivity contribution in [3.05, 3.63) is 70.5 Å². The second-order valence-corrected chi connectivity index (χ2v) is 12.3. The summed E-state index contributed by atoms with van der Waals surface area (Å²) in [6.07, 6.45) is 1.88. The van der Waals surface area contributed by atoms with Crippen LogP contribution < -0.4 is 14.5 Å². The Bertz CT molecular complexity index is 1470. The molecule has 3 aromatic rings. The zero-order chi connectivity index (χ0) is 29.5. The lowest BCUT2D eigenvalue weighted by atomic mass is 9.97. The van der Waals surface area contributed by atoms with Gasteiger partial charge >= 0.3 is 5.97 Å². The number of carbonyl (C=O) groups excluding carboxylic acids is 2. The predicted molar refractivity (Wildman–Crippen MR) is 159 cm³/mol. The Labute approximate surface area is 246 Å². The van der Waals surface area contributed by atoms with Crippen molar-refractivity contribution < 1.29 is 19.1 Å². The maximum Gasteiger partial charge on any atom is 0.310 e. The Morgan fingerprint density at radius 2 is 1.83 bits per heavy atom. The lowest BCUT2D eigenvalue weighted by molar-refractivity contribution is -0.139. The lowest BCUT2D eigenvalue weighted by Gasteiger charge is -2.47. The van der Waals surface area contributed by atoms with E-state index in [1.54, 1.807) is 12.3 Å². The van der Waals surface area contributed by atoms with Crippen LogP contribution in [0.4, 0.5) is 17.2 Å². The number of fused-ring (bicyclic) bond motifs is 1. The highest BCUT2D eigenvalue weighted by atomic mass is 35.5. The maximum absolute atomic E-state index is 13.8. The quantitative estimate of drug-likeness (QED) is 0.382. The Kier molecular flexibility index (Phi) is 7.59. The topological polar surface area (TPSA) is 88.1 Å². The molecule has 10 heteroatoms. The van der Waals surface area contributed by atoms with Crippen molar-refractivity contribution in [1.82, 2.24) is 14.9 Å². The minimum atomic E-state index is -0.514. The first-order valence-electron chi connectivity index (χ1n) is 13.7. The van der Waals surface area contributed by atoms with Crippen LogP contribution in [-0.2, 0) is 16.0 Å². The monoisotopic (exact) mass is 577 g/mol. The number of hydrogen-bond donors (Lipinski definition) is 0. The van der Waals surface area contributed by atoms with Crippen LogP contribution in [0, 0.1) is 6.92 Å². The first-order valence-corrected chi connectivity index (χ1v) is 14.1. The highest BCUT2D eigenvalue weighted by Gasteiger charge is 2.39. The Balaban J connectivity index is 1.35. The summed E-state index contributed by atoms with van der Waals surface area (Å²) in [6.45, 7) is 12.5. The van der Waals surface area contributed by atoms with E-state index < -0.39 is 11.1 Å². The van der Waals surface area contributed by atoms with Gasteiger partial charge in [0.15, 0.2) is 0 Å². The predicted octanol–water partition coefficient (Wildman–Crippen LogP) is 5.20. The van der Waals surface area contributed by atoms with Crippen molar-refractivity contribution in [2.45, 2.75) is 52.2 Å². The Hall–Kier alpha value is -3.85. The van der Waals surface area contributed by atoms with Crippen LogP contribution >= 0.6 is 11.6 Å². The smallest absolute Gasteiger partial charge is 0.310 e. The van der Waals surface area contributed by atoms with Gasteiger partial charge in [0.25, 0.3) is 5.91 Å². The summed E-state index contributed by atoms with van der Waals surface area (Å²) in [4.78, 5) is 40.9. The minimum Gasteiger partial charge on any atom is -0.469 e. The molecule has 0 atom stereocenters. The van der Waals surface area contributed by atoms with E-state index in [4.69, 9.17) is 26.1 Å². The summed E-state index contributed by atoms with van der Waals surface area (Å²) >= 11 is 6.28. The zero-order valence-corrected chi connectivity index (χ0v) is 25.2. The summed E-state index contributed by atoms with van der Waals surface area (Å²) in [6, 6.07) is 13.4. The molecule has 0 unspecified atom stereocenters. The molecule has 4 heterocycles. The molecule has 5 rings (SSSR count). The van der Waals surface area contributed by atoms with Gasteiger partial charge in [-0.3, -0.25) is 9.59 Å². The average molecular weight is 578 g/mol. The summed E-state index contributed by atoms with van der Waals surface area (Å²) in [5, 5.41) is 0.717. The van der Waals surface area contributed by atoms with Crippen molar-refractivity contribution in [3.63, 3.8) is 0 Å². The van der Waals surface area contributed by atoms with E-state index in [1.807, 2.05) is 69.9 Å². The Morgan fingerprint density at radius 3 is 2.49 bits per heavy atom. The standard InChI is InChI=1S/C31H36ClN5O4/c1-20-15-22(8-9-23(20)32)36-19-31(4,5)41-28-25(36)11-10-24(34-28)29(39)37-14-13-35(18-30(37,2)3)26-12-7-21(17-33-26)16-27(38)40-6/h7-12,15,17H,13-14,16,18-19H2,1-6H3. The minimum absolute atomic E-state index is 0.139. The van der Waals surface area contributed by atoms with Crippen LogP contribution in [0.1, 0.15) is 49.3 Å². The van der Waals surface area contributed by atoms with Crippen LogP contribution in [0.2, 0.25) is 5.02 Å². The van der Waals surface area contributed by atoms with Gasteiger partial charge < -0.3 is 24.2 Å². The van der Waals surface area contributed by atoms with Gasteiger partial charge in [0.1, 0.15) is 22.8 Å². The van der Waals surface area contributed by atoms with Gasteiger partial charge in [-0.2, -0.15) is 0 Å². The second kappa shape index (κ2) is 10.9. The fourth-order valence-electron chi connectivity index (χ4n) is 5.43. The number of carbonyl (C=O) groups is 2. The number of pyridine rings is 2. The first-order chi connectivity index (χ1) is 19.4. The summed E-state index contributed by atoms with van der Waals surface area (Å²) in [7, 11) is 1.37. The van der Waals surface area contributed by atoms with Gasteiger partial charge in [-0.15, -0.1) is 0 Å². The molecule has 9 nitrogen and oxygen atoms in total. The van der Waals surface area contributed by atoms with E-state index in [0.29, 0.717) is 37.8 Å². The average Bonchev–Trinajstić information content (AvgIpc) is 2.92. The number of aryl methyl sites for hydroxylation is 1. The van der Waals surface area contributed by atoms with E-state index in [0.717, 1.165) is 33.3 Å². The van der Waals surface area contributed by atoms with E-state index in [-0.39, 0.29) is 18.3 Å². The molecule has 0 radical (unpaired) electrons. The molecule has 1 saturated heterocycles. The molecule has 1 amide bonds. The van der Waals surface area contributed by atoms with Crippen molar-refractivity contribution >= 4 is 40.7 Å². The number of methoxy groups -OCH3 is 1. The van der Waals surface area contributed by atoms with Crippen LogP contribution in [0.25, 0.3) is 0 Å². The number of benzene rings is 1. The fourth-order valence-corrected chi connectivity index (χ4v) is 5.55. The molecule has 41 heavy (non-hydrogen) atoms. The van der Waals surface area contributed by atoms with Crippen molar-refractivity contribution in [2.24, 2.45) is 0 Å². The Morgan fingerprint density at radius 1 is 1.05 bits per heavy atom. The van der Waals surface area contributed by atoms with Gasteiger partial charge in [0.2, 0.25) is 5.88 Å². The van der Waals surface area contributed by atoms with Gasteiger partial charge in [-0.25, -0.2) is 9.97 Å². The molecule has 2 aromatic heterocycles. The molecule has 216 valence electrons. The van der Waals surface area contributed by atoms with E-state index in [2.05, 4.69) is 20.9 Å². The molecule has 1 fully saturated rings. The summed E-state index contributed by atoms with van der Waals surface area (Å²) in [5.41, 5.74) is 2.94. The van der Waals surface area contributed by atoms with Gasteiger partial charge in [-0.05, 0) is 82.1 Å². The first kappa shape index (κ1) is 28.7. The van der Waals surface area contributed by atoms with Crippen molar-refractivity contribution in [3.8, 4) is 5.88 Å². The summed E-state index contributed by atoms with van der Waals surface area (Å²) in [5.74, 6) is 0.802. The molecule has 0 N–H and O–H groups in total. The lowest BCUT2D eigenvalue weighted by Crippen LogP contribution is -2.61. The number of ether oxygens (including phenoxy) is 2. The normalized spacial score (nSPS) is 17.5. The SMILES string of the molecule is COC(=O)Cc1ccc(N2CCN(C(=O)c3ccc4c(n3)OC(C)(C)CN4c3ccc(Cl)c(C)c3)C(C)(C)C2)nc1. The zero-order valence-electron chi connectivity index (χ0n) is 24.4. The number of anilines is 3. The molecule has 0 aliphatic carbocycles. The molecular weight excluding hydrogens is 542 g/mol. The van der Waals surface area contributed by atoms with Gasteiger partial charge in [0.05, 0.1) is 25.6 Å². The van der Waals surface area contributed by atoms with Crippen LogP contribution in [0.15, 0.2) is 48.7 Å². The molecule has 0 spiro atoms. The number of halogens is 1. The number of rotatable bonds is 5. The third-order valence-corrected chi connectivity index (χ3v) is 8.00. The molecule has 0 bridgehead atoms. The van der Waals surface area contributed by atoms with Crippen LogP contribution in [0.5, 0.6) is 5.88 Å². The van der Waals surface area contributed by atoms with Crippen molar-refractivity contribution in [1.29, 1.82) is 0 Å². The molecular formula is C31H36ClN5O4. The number of hydrogen-bond acceptors (Lipinski definition) is 8. The largest absolute Gasteiger partial charge is 0.469 e. The van der Waals surface area contributed by atoms with E-state index in [1.165, 1.54) is 7.11 Å². The number of aromatic nitrogens is 2. The molecule has 2 aliphatic rings. The number of piperazine rings is 1. The second-order valence-electron chi connectivity index (χ2n) is 11.9. The highest BCUT2D eigenvalue weighted by molar-refractivity contribution is 6.31. The van der Waals surface area contributed by atoms with Crippen molar-refractivity contribution in [2.75, 3.05) is 43.1 Å². The van der Waals surface area contributed by atoms with E-state index >= 15 is 0 Å². The van der Waals surface area contributed by atoms with Gasteiger partial charge in [-0.1, -0.05) is 17.7 Å². The highest BCUT2D eigenvalue weighted by Crippen LogP contribution is 2.41. The fraction of sp³-hybridized carbons (Fsp3) is 0.419. The third-order valence-electron chi connectivity index (χ3n) is 7.57. The maximum atomic E-state index is 13.8. The number of esters is 1. The number of nitrogens with zero attached hydrogens (tertiary/aromatic N) is 5. The molecule has 1 aromatic carbocycles. The van der Waals surface area contributed by atoms with Crippen LogP contribution in [-0.4, -0.2) is 71.2 Å². The third kappa shape index (κ3) is 5.95. The molecule has 0 saturated carbocycles.